The number of aromatic nitrogens is 2. The van der Waals surface area contributed by atoms with Crippen LogP contribution in [0.25, 0.3) is 11.4 Å². The van der Waals surface area contributed by atoms with E-state index in [9.17, 15) is 0 Å². The first-order valence-corrected chi connectivity index (χ1v) is 7.84. The van der Waals surface area contributed by atoms with E-state index < -0.39 is 0 Å². The van der Waals surface area contributed by atoms with Crippen molar-refractivity contribution in [1.82, 2.24) is 9.97 Å². The van der Waals surface area contributed by atoms with Crippen molar-refractivity contribution in [2.45, 2.75) is 33.1 Å². The van der Waals surface area contributed by atoms with Crippen LogP contribution in [0, 0.1) is 0 Å². The summed E-state index contributed by atoms with van der Waals surface area (Å²) in [7, 11) is 0. The Kier molecular flexibility index (Phi) is 5.43. The summed E-state index contributed by atoms with van der Waals surface area (Å²) in [6.07, 6.45) is 1.04. The maximum Gasteiger partial charge on any atom is 0.161 e. The SMILES string of the molecule is CCCNc1cc(C(C)C)nc(-c2cc(Cl)cc(Cl)c2)n1. The average Bonchev–Trinajstić information content (AvgIpc) is 2.43. The predicted molar refractivity (Wildman–Crippen MR) is 90.4 cm³/mol. The molecule has 21 heavy (non-hydrogen) atoms. The molecular formula is C16H19Cl2N3. The monoisotopic (exact) mass is 323 g/mol. The Labute approximate surface area is 135 Å². The van der Waals surface area contributed by atoms with E-state index in [2.05, 4.69) is 36.1 Å². The van der Waals surface area contributed by atoms with E-state index in [-0.39, 0.29) is 0 Å². The highest BCUT2D eigenvalue weighted by Crippen LogP contribution is 2.27. The van der Waals surface area contributed by atoms with Crippen LogP contribution in [-0.2, 0) is 0 Å². The normalized spacial score (nSPS) is 11.0. The lowest BCUT2D eigenvalue weighted by molar-refractivity contribution is 0.816. The summed E-state index contributed by atoms with van der Waals surface area (Å²) in [5.41, 5.74) is 1.82. The number of hydrogen-bond acceptors (Lipinski definition) is 3. The fourth-order valence-corrected chi connectivity index (χ4v) is 2.44. The van der Waals surface area contributed by atoms with Gasteiger partial charge in [-0.05, 0) is 30.5 Å². The summed E-state index contributed by atoms with van der Waals surface area (Å²) < 4.78 is 0. The largest absolute Gasteiger partial charge is 0.370 e. The minimum absolute atomic E-state index is 0.323. The Morgan fingerprint density at radius 1 is 1.05 bits per heavy atom. The van der Waals surface area contributed by atoms with Crippen molar-refractivity contribution in [3.63, 3.8) is 0 Å². The van der Waals surface area contributed by atoms with Gasteiger partial charge < -0.3 is 5.32 Å². The predicted octanol–water partition coefficient (Wildman–Crippen LogP) is 5.40. The molecule has 2 rings (SSSR count). The van der Waals surface area contributed by atoms with Crippen LogP contribution in [0.15, 0.2) is 24.3 Å². The summed E-state index contributed by atoms with van der Waals surface area (Å²) in [6.45, 7) is 7.22. The van der Waals surface area contributed by atoms with Crippen molar-refractivity contribution in [3.05, 3.63) is 40.0 Å². The van der Waals surface area contributed by atoms with Gasteiger partial charge in [0.05, 0.1) is 0 Å². The van der Waals surface area contributed by atoms with Crippen LogP contribution in [0.5, 0.6) is 0 Å². The molecule has 0 bridgehead atoms. The van der Waals surface area contributed by atoms with Gasteiger partial charge in [-0.3, -0.25) is 0 Å². The molecule has 0 aliphatic carbocycles. The van der Waals surface area contributed by atoms with Crippen LogP contribution >= 0.6 is 23.2 Å². The summed E-state index contributed by atoms with van der Waals surface area (Å²) in [4.78, 5) is 9.19. The molecule has 0 aliphatic rings. The first-order chi connectivity index (χ1) is 9.99. The fraction of sp³-hybridized carbons (Fsp3) is 0.375. The third-order valence-corrected chi connectivity index (χ3v) is 3.45. The van der Waals surface area contributed by atoms with Gasteiger partial charge in [-0.2, -0.15) is 0 Å². The molecule has 0 amide bonds. The van der Waals surface area contributed by atoms with E-state index in [1.54, 1.807) is 6.07 Å². The number of nitrogens with zero attached hydrogens (tertiary/aromatic N) is 2. The zero-order chi connectivity index (χ0) is 15.4. The second-order valence-electron chi connectivity index (χ2n) is 5.24. The molecule has 0 unspecified atom stereocenters. The van der Waals surface area contributed by atoms with Gasteiger partial charge in [-0.1, -0.05) is 44.0 Å². The molecule has 0 spiro atoms. The van der Waals surface area contributed by atoms with Gasteiger partial charge in [-0.25, -0.2) is 9.97 Å². The molecule has 112 valence electrons. The summed E-state index contributed by atoms with van der Waals surface area (Å²) in [6, 6.07) is 7.36. The van der Waals surface area contributed by atoms with E-state index in [1.807, 2.05) is 18.2 Å². The van der Waals surface area contributed by atoms with Crippen molar-refractivity contribution in [2.24, 2.45) is 0 Å². The molecule has 0 saturated carbocycles. The highest BCUT2D eigenvalue weighted by Gasteiger charge is 2.10. The smallest absolute Gasteiger partial charge is 0.161 e. The Balaban J connectivity index is 2.48. The van der Waals surface area contributed by atoms with E-state index in [0.717, 1.165) is 30.0 Å². The van der Waals surface area contributed by atoms with Crippen LogP contribution in [0.4, 0.5) is 5.82 Å². The number of hydrogen-bond donors (Lipinski definition) is 1. The molecule has 0 atom stereocenters. The zero-order valence-electron chi connectivity index (χ0n) is 12.5. The lowest BCUT2D eigenvalue weighted by atomic mass is 10.1. The Morgan fingerprint density at radius 3 is 2.29 bits per heavy atom. The number of halogens is 2. The Bertz CT molecular complexity index is 607. The molecule has 0 fully saturated rings. The highest BCUT2D eigenvalue weighted by molar-refractivity contribution is 6.35. The van der Waals surface area contributed by atoms with Gasteiger partial charge in [0.1, 0.15) is 5.82 Å². The average molecular weight is 324 g/mol. The molecule has 1 aromatic heterocycles. The van der Waals surface area contributed by atoms with E-state index in [1.165, 1.54) is 0 Å². The van der Waals surface area contributed by atoms with Crippen molar-refractivity contribution in [2.75, 3.05) is 11.9 Å². The summed E-state index contributed by atoms with van der Waals surface area (Å²) >= 11 is 12.1. The van der Waals surface area contributed by atoms with Gasteiger partial charge in [-0.15, -0.1) is 0 Å². The van der Waals surface area contributed by atoms with E-state index >= 15 is 0 Å². The molecule has 0 aliphatic heterocycles. The van der Waals surface area contributed by atoms with Crippen LogP contribution in [0.1, 0.15) is 38.8 Å². The number of nitrogens with one attached hydrogen (secondary N) is 1. The van der Waals surface area contributed by atoms with Crippen molar-refractivity contribution in [1.29, 1.82) is 0 Å². The van der Waals surface area contributed by atoms with Gasteiger partial charge in [0.25, 0.3) is 0 Å². The van der Waals surface area contributed by atoms with Crippen LogP contribution in [0.3, 0.4) is 0 Å². The second kappa shape index (κ2) is 7.10. The molecular weight excluding hydrogens is 305 g/mol. The van der Waals surface area contributed by atoms with Gasteiger partial charge in [0.15, 0.2) is 5.82 Å². The minimum Gasteiger partial charge on any atom is -0.370 e. The number of benzene rings is 1. The maximum absolute atomic E-state index is 6.07. The van der Waals surface area contributed by atoms with Crippen LogP contribution in [-0.4, -0.2) is 16.5 Å². The standard InChI is InChI=1S/C16H19Cl2N3/c1-4-5-19-15-9-14(10(2)3)20-16(21-15)11-6-12(17)8-13(18)7-11/h6-10H,4-5H2,1-3H3,(H,19,20,21). The van der Waals surface area contributed by atoms with Crippen LogP contribution in [0.2, 0.25) is 10.0 Å². The molecule has 5 heteroatoms. The minimum atomic E-state index is 0.323. The number of anilines is 1. The van der Waals surface area contributed by atoms with Crippen molar-refractivity contribution in [3.8, 4) is 11.4 Å². The third-order valence-electron chi connectivity index (χ3n) is 3.01. The lowest BCUT2D eigenvalue weighted by Gasteiger charge is -2.12. The Hall–Kier alpha value is -1.32. The molecule has 0 saturated heterocycles. The van der Waals surface area contributed by atoms with E-state index in [0.29, 0.717) is 21.8 Å². The Morgan fingerprint density at radius 2 is 1.71 bits per heavy atom. The highest BCUT2D eigenvalue weighted by atomic mass is 35.5. The van der Waals surface area contributed by atoms with Gasteiger partial charge >= 0.3 is 0 Å². The number of rotatable bonds is 5. The molecule has 0 radical (unpaired) electrons. The molecule has 1 N–H and O–H groups in total. The quantitative estimate of drug-likeness (QED) is 0.800. The summed E-state index contributed by atoms with van der Waals surface area (Å²) in [5.74, 6) is 1.80. The zero-order valence-corrected chi connectivity index (χ0v) is 14.0. The molecule has 3 nitrogen and oxygen atoms in total. The first kappa shape index (κ1) is 16.1. The topological polar surface area (TPSA) is 37.8 Å². The van der Waals surface area contributed by atoms with Gasteiger partial charge in [0.2, 0.25) is 0 Å². The lowest BCUT2D eigenvalue weighted by Crippen LogP contribution is -2.06. The maximum atomic E-state index is 6.07. The third kappa shape index (κ3) is 4.32. The van der Waals surface area contributed by atoms with E-state index in [4.69, 9.17) is 23.2 Å². The second-order valence-corrected chi connectivity index (χ2v) is 6.11. The fourth-order valence-electron chi connectivity index (χ4n) is 1.92. The van der Waals surface area contributed by atoms with Crippen LogP contribution < -0.4 is 5.32 Å². The molecule has 1 aromatic carbocycles. The molecule has 1 heterocycles. The first-order valence-electron chi connectivity index (χ1n) is 7.09. The van der Waals surface area contributed by atoms with Gasteiger partial charge in [0, 0.05) is 33.9 Å². The van der Waals surface area contributed by atoms with Crippen molar-refractivity contribution >= 4 is 29.0 Å². The summed E-state index contributed by atoms with van der Waals surface area (Å²) in [5, 5.41) is 4.48. The van der Waals surface area contributed by atoms with Crippen molar-refractivity contribution < 1.29 is 0 Å². The molecule has 2 aromatic rings.